The number of hydrogen-bond donors (Lipinski definition) is 2. The van der Waals surface area contributed by atoms with E-state index in [1.807, 2.05) is 6.07 Å². The molecule has 2 N–H and O–H groups in total. The topological polar surface area (TPSA) is 87.2 Å². The number of carbonyl (C=O) groups is 1. The van der Waals surface area contributed by atoms with Crippen LogP contribution in [0.15, 0.2) is 52.1 Å². The second kappa shape index (κ2) is 8.77. The molecule has 0 radical (unpaired) electrons. The lowest BCUT2D eigenvalue weighted by molar-refractivity contribution is 0.0954. The number of nitrogens with zero attached hydrogens (tertiary/aromatic N) is 2. The molecule has 1 aromatic heterocycles. The molecule has 3 aromatic rings. The quantitative estimate of drug-likeness (QED) is 0.602. The summed E-state index contributed by atoms with van der Waals surface area (Å²) < 4.78 is 1.40. The molecule has 7 heteroatoms. The molecule has 0 aliphatic rings. The van der Waals surface area contributed by atoms with Crippen LogP contribution in [0.1, 0.15) is 29.8 Å². The molecular weight excluding hydrogens is 368 g/mol. The number of carbonyl (C=O) groups excluding carboxylic acids is 1. The second-order valence-corrected chi connectivity index (χ2v) is 6.91. The molecule has 0 atom stereocenters. The van der Waals surface area contributed by atoms with Crippen LogP contribution in [0.25, 0.3) is 11.0 Å². The van der Waals surface area contributed by atoms with Crippen molar-refractivity contribution in [3.63, 3.8) is 0 Å². The number of amides is 1. The van der Waals surface area contributed by atoms with Gasteiger partial charge in [-0.1, -0.05) is 12.1 Å². The number of nitrogens with one attached hydrogen (secondary N) is 2. The lowest BCUT2D eigenvalue weighted by Gasteiger charge is -2.23. The normalized spacial score (nSPS) is 10.9. The first-order chi connectivity index (χ1) is 13.9. The molecule has 1 amide bonds. The fourth-order valence-corrected chi connectivity index (χ4v) is 3.44. The molecule has 2 aromatic carbocycles. The third-order valence-electron chi connectivity index (χ3n) is 4.97. The van der Waals surface area contributed by atoms with Gasteiger partial charge in [-0.15, -0.1) is 0 Å². The summed E-state index contributed by atoms with van der Waals surface area (Å²) in [5.41, 5.74) is 2.56. The van der Waals surface area contributed by atoms with Crippen LogP contribution in [0.5, 0.6) is 0 Å². The standard InChI is InChI=1S/C22H26N4O3/c1-4-25(17-8-6-7-15(3)13-17)12-11-23-20(27)16-9-10-19-18(14-16)24-21(28)22(29)26(19)5-2/h6-10,13-14H,4-5,11-12H2,1-3H3,(H,23,27)(H,24,28). The van der Waals surface area contributed by atoms with Crippen LogP contribution in [0.3, 0.4) is 0 Å². The maximum atomic E-state index is 12.6. The first kappa shape index (κ1) is 20.4. The van der Waals surface area contributed by atoms with E-state index in [9.17, 15) is 14.4 Å². The number of aryl methyl sites for hydroxylation is 2. The van der Waals surface area contributed by atoms with Crippen LogP contribution >= 0.6 is 0 Å². The summed E-state index contributed by atoms with van der Waals surface area (Å²) in [5, 5.41) is 2.93. The number of rotatable bonds is 7. The van der Waals surface area contributed by atoms with Crippen LogP contribution < -0.4 is 21.3 Å². The number of fused-ring (bicyclic) bond motifs is 1. The van der Waals surface area contributed by atoms with Crippen molar-refractivity contribution in [1.29, 1.82) is 0 Å². The molecule has 0 saturated carbocycles. The first-order valence-electron chi connectivity index (χ1n) is 9.81. The molecule has 0 saturated heterocycles. The minimum atomic E-state index is -0.686. The summed E-state index contributed by atoms with van der Waals surface area (Å²) in [6.07, 6.45) is 0. The van der Waals surface area contributed by atoms with Crippen LogP contribution in [-0.2, 0) is 6.54 Å². The molecule has 0 spiro atoms. The van der Waals surface area contributed by atoms with E-state index >= 15 is 0 Å². The Bertz CT molecular complexity index is 1150. The maximum Gasteiger partial charge on any atom is 0.316 e. The number of anilines is 1. The van der Waals surface area contributed by atoms with Gasteiger partial charge in [0, 0.05) is 37.4 Å². The Morgan fingerprint density at radius 3 is 2.62 bits per heavy atom. The average Bonchev–Trinajstić information content (AvgIpc) is 2.71. The highest BCUT2D eigenvalue weighted by molar-refractivity contribution is 5.97. The van der Waals surface area contributed by atoms with Gasteiger partial charge in [0.05, 0.1) is 11.0 Å². The van der Waals surface area contributed by atoms with Crippen molar-refractivity contribution in [2.75, 3.05) is 24.5 Å². The monoisotopic (exact) mass is 394 g/mol. The number of aromatic nitrogens is 2. The molecule has 7 nitrogen and oxygen atoms in total. The van der Waals surface area contributed by atoms with Gasteiger partial charge in [-0.3, -0.25) is 14.4 Å². The van der Waals surface area contributed by atoms with Gasteiger partial charge in [-0.25, -0.2) is 0 Å². The van der Waals surface area contributed by atoms with Gasteiger partial charge in [0.2, 0.25) is 0 Å². The Hall–Kier alpha value is -3.35. The largest absolute Gasteiger partial charge is 0.370 e. The van der Waals surface area contributed by atoms with Crippen molar-refractivity contribution in [3.05, 3.63) is 74.3 Å². The fourth-order valence-electron chi connectivity index (χ4n) is 3.44. The maximum absolute atomic E-state index is 12.6. The van der Waals surface area contributed by atoms with E-state index in [4.69, 9.17) is 0 Å². The Morgan fingerprint density at radius 1 is 1.14 bits per heavy atom. The van der Waals surface area contributed by atoms with Gasteiger partial charge < -0.3 is 19.8 Å². The number of aromatic amines is 1. The molecular formula is C22H26N4O3. The van der Waals surface area contributed by atoms with Crippen LogP contribution in [0.2, 0.25) is 0 Å². The summed E-state index contributed by atoms with van der Waals surface area (Å²) in [6, 6.07) is 13.2. The molecule has 3 rings (SSSR count). The van der Waals surface area contributed by atoms with Crippen molar-refractivity contribution < 1.29 is 4.79 Å². The highest BCUT2D eigenvalue weighted by atomic mass is 16.2. The lowest BCUT2D eigenvalue weighted by Crippen LogP contribution is -2.36. The van der Waals surface area contributed by atoms with Gasteiger partial charge in [0.25, 0.3) is 5.91 Å². The number of likely N-dealkylation sites (N-methyl/N-ethyl adjacent to an activating group) is 1. The van der Waals surface area contributed by atoms with Crippen LogP contribution in [0, 0.1) is 6.92 Å². The molecule has 0 fully saturated rings. The van der Waals surface area contributed by atoms with E-state index in [-0.39, 0.29) is 5.91 Å². The molecule has 152 valence electrons. The van der Waals surface area contributed by atoms with Crippen molar-refractivity contribution >= 4 is 22.6 Å². The summed E-state index contributed by atoms with van der Waals surface area (Å²) in [5.74, 6) is -0.220. The summed E-state index contributed by atoms with van der Waals surface area (Å²) in [4.78, 5) is 41.1. The van der Waals surface area contributed by atoms with Gasteiger partial charge in [0.15, 0.2) is 0 Å². The first-order valence-corrected chi connectivity index (χ1v) is 9.81. The van der Waals surface area contributed by atoms with Gasteiger partial charge >= 0.3 is 11.1 Å². The summed E-state index contributed by atoms with van der Waals surface area (Å²) >= 11 is 0. The van der Waals surface area contributed by atoms with Gasteiger partial charge in [-0.05, 0) is 56.7 Å². The van der Waals surface area contributed by atoms with E-state index in [1.54, 1.807) is 25.1 Å². The Morgan fingerprint density at radius 2 is 1.93 bits per heavy atom. The molecule has 0 bridgehead atoms. The van der Waals surface area contributed by atoms with Crippen molar-refractivity contribution in [3.8, 4) is 0 Å². The van der Waals surface area contributed by atoms with E-state index in [0.29, 0.717) is 36.2 Å². The van der Waals surface area contributed by atoms with Crippen LogP contribution in [-0.4, -0.2) is 35.1 Å². The lowest BCUT2D eigenvalue weighted by atomic mass is 10.1. The predicted molar refractivity (Wildman–Crippen MR) is 116 cm³/mol. The average molecular weight is 394 g/mol. The molecule has 0 aliphatic heterocycles. The molecule has 1 heterocycles. The van der Waals surface area contributed by atoms with Gasteiger partial charge in [0.1, 0.15) is 0 Å². The minimum absolute atomic E-state index is 0.220. The third-order valence-corrected chi connectivity index (χ3v) is 4.97. The third kappa shape index (κ3) is 4.39. The van der Waals surface area contributed by atoms with E-state index in [1.165, 1.54) is 10.1 Å². The Kier molecular flexibility index (Phi) is 6.16. The molecule has 0 unspecified atom stereocenters. The zero-order chi connectivity index (χ0) is 21.0. The predicted octanol–water partition coefficient (Wildman–Crippen LogP) is 2.27. The number of hydrogen-bond acceptors (Lipinski definition) is 4. The van der Waals surface area contributed by atoms with Crippen molar-refractivity contribution in [1.82, 2.24) is 14.9 Å². The Labute approximate surface area is 169 Å². The second-order valence-electron chi connectivity index (χ2n) is 6.91. The van der Waals surface area contributed by atoms with Crippen molar-refractivity contribution in [2.45, 2.75) is 27.3 Å². The van der Waals surface area contributed by atoms with Crippen LogP contribution in [0.4, 0.5) is 5.69 Å². The molecule has 0 aliphatic carbocycles. The van der Waals surface area contributed by atoms with E-state index in [2.05, 4.69) is 47.2 Å². The number of benzene rings is 2. The highest BCUT2D eigenvalue weighted by Crippen LogP contribution is 2.15. The Balaban J connectivity index is 1.72. The number of H-pyrrole nitrogens is 1. The summed E-state index contributed by atoms with van der Waals surface area (Å²) in [6.45, 7) is 8.34. The zero-order valence-corrected chi connectivity index (χ0v) is 17.0. The van der Waals surface area contributed by atoms with Gasteiger partial charge in [-0.2, -0.15) is 0 Å². The SMILES string of the molecule is CCN(CCNC(=O)c1ccc2c(c1)[nH]c(=O)c(=O)n2CC)c1cccc(C)c1. The smallest absolute Gasteiger partial charge is 0.316 e. The van der Waals surface area contributed by atoms with E-state index < -0.39 is 11.1 Å². The van der Waals surface area contributed by atoms with Crippen molar-refractivity contribution in [2.24, 2.45) is 0 Å². The minimum Gasteiger partial charge on any atom is -0.370 e. The zero-order valence-electron chi connectivity index (χ0n) is 17.0. The molecule has 29 heavy (non-hydrogen) atoms. The fraction of sp³-hybridized carbons (Fsp3) is 0.318. The highest BCUT2D eigenvalue weighted by Gasteiger charge is 2.11. The summed E-state index contributed by atoms with van der Waals surface area (Å²) in [7, 11) is 0. The van der Waals surface area contributed by atoms with E-state index in [0.717, 1.165) is 12.2 Å².